The van der Waals surface area contributed by atoms with Gasteiger partial charge in [0.25, 0.3) is 0 Å². The van der Waals surface area contributed by atoms with E-state index in [0.29, 0.717) is 37.2 Å². The van der Waals surface area contributed by atoms with Crippen molar-refractivity contribution in [3.63, 3.8) is 0 Å². The Hall–Kier alpha value is -2.95. The van der Waals surface area contributed by atoms with Crippen LogP contribution in [0.15, 0.2) is 41.9 Å². The van der Waals surface area contributed by atoms with E-state index in [9.17, 15) is 9.90 Å². The SMILES string of the molecule is COc1ccc2nccc(C(F)CC[C@@H]3CCN(CC#Cc4sccc4C)C[C@@H]3CC(=O)O)c2c1. The molecule has 184 valence electrons. The molecule has 1 fully saturated rings. The van der Waals surface area contributed by atoms with Gasteiger partial charge in [-0.15, -0.1) is 11.3 Å². The second-order valence-electron chi connectivity index (χ2n) is 9.20. The molecular formula is C28H31FN2O3S. The molecule has 3 heterocycles. The maximum atomic E-state index is 15.4. The largest absolute Gasteiger partial charge is 0.497 e. The minimum Gasteiger partial charge on any atom is -0.497 e. The topological polar surface area (TPSA) is 62.7 Å². The third-order valence-electron chi connectivity index (χ3n) is 6.89. The average Bonchev–Trinajstić information content (AvgIpc) is 3.26. The van der Waals surface area contributed by atoms with Gasteiger partial charge >= 0.3 is 5.97 Å². The van der Waals surface area contributed by atoms with E-state index < -0.39 is 12.1 Å². The highest BCUT2D eigenvalue weighted by atomic mass is 32.1. The lowest BCUT2D eigenvalue weighted by Crippen LogP contribution is -2.41. The molecule has 0 amide bonds. The van der Waals surface area contributed by atoms with Gasteiger partial charge in [-0.2, -0.15) is 0 Å². The van der Waals surface area contributed by atoms with Crippen LogP contribution in [0, 0.1) is 30.6 Å². The van der Waals surface area contributed by atoms with Gasteiger partial charge in [-0.3, -0.25) is 14.7 Å². The first kappa shape index (κ1) is 25.2. The Morgan fingerprint density at radius 1 is 1.34 bits per heavy atom. The monoisotopic (exact) mass is 494 g/mol. The number of aromatic nitrogens is 1. The highest BCUT2D eigenvalue weighted by Gasteiger charge is 2.31. The molecule has 1 aromatic carbocycles. The number of methoxy groups -OCH3 is 1. The van der Waals surface area contributed by atoms with Crippen molar-refractivity contribution in [3.05, 3.63) is 57.9 Å². The Bertz CT molecular complexity index is 1230. The van der Waals surface area contributed by atoms with E-state index in [1.807, 2.05) is 23.6 Å². The third-order valence-corrected chi connectivity index (χ3v) is 7.82. The summed E-state index contributed by atoms with van der Waals surface area (Å²) < 4.78 is 20.8. The van der Waals surface area contributed by atoms with Crippen molar-refractivity contribution in [2.75, 3.05) is 26.7 Å². The van der Waals surface area contributed by atoms with Crippen molar-refractivity contribution >= 4 is 28.2 Å². The number of nitrogens with zero attached hydrogens (tertiary/aromatic N) is 2. The molecule has 1 aliphatic rings. The lowest BCUT2D eigenvalue weighted by molar-refractivity contribution is -0.139. The Labute approximate surface area is 209 Å². The fraction of sp³-hybridized carbons (Fsp3) is 0.429. The number of alkyl halides is 1. The van der Waals surface area contributed by atoms with Gasteiger partial charge in [0.15, 0.2) is 0 Å². The second kappa shape index (κ2) is 11.7. The van der Waals surface area contributed by atoms with E-state index in [4.69, 9.17) is 4.74 Å². The van der Waals surface area contributed by atoms with Crippen LogP contribution in [0.1, 0.15) is 47.9 Å². The van der Waals surface area contributed by atoms with Gasteiger partial charge in [-0.1, -0.05) is 11.8 Å². The number of likely N-dealkylation sites (tertiary alicyclic amines) is 1. The number of fused-ring (bicyclic) bond motifs is 1. The number of carboxylic acid groups (broad SMARTS) is 1. The molecule has 1 saturated heterocycles. The van der Waals surface area contributed by atoms with Crippen molar-refractivity contribution in [3.8, 4) is 17.6 Å². The van der Waals surface area contributed by atoms with E-state index in [1.54, 1.807) is 30.7 Å². The van der Waals surface area contributed by atoms with Crippen LogP contribution in [0.5, 0.6) is 5.75 Å². The van der Waals surface area contributed by atoms with Crippen LogP contribution in [0.2, 0.25) is 0 Å². The predicted molar refractivity (Wildman–Crippen MR) is 138 cm³/mol. The number of hydrogen-bond acceptors (Lipinski definition) is 5. The molecule has 1 N–H and O–H groups in total. The molecule has 3 atom stereocenters. The van der Waals surface area contributed by atoms with Gasteiger partial charge < -0.3 is 9.84 Å². The van der Waals surface area contributed by atoms with Gasteiger partial charge in [-0.05, 0) is 91.4 Å². The Kier molecular flexibility index (Phi) is 8.37. The molecule has 0 bridgehead atoms. The summed E-state index contributed by atoms with van der Waals surface area (Å²) in [5, 5.41) is 12.3. The summed E-state index contributed by atoms with van der Waals surface area (Å²) in [6.07, 6.45) is 2.47. The quantitative estimate of drug-likeness (QED) is 0.397. The van der Waals surface area contributed by atoms with Crippen LogP contribution in [0.25, 0.3) is 10.9 Å². The molecule has 0 aliphatic carbocycles. The van der Waals surface area contributed by atoms with E-state index in [-0.39, 0.29) is 18.3 Å². The van der Waals surface area contributed by atoms with Crippen LogP contribution < -0.4 is 4.74 Å². The van der Waals surface area contributed by atoms with Crippen molar-refractivity contribution in [2.24, 2.45) is 11.8 Å². The first-order chi connectivity index (χ1) is 16.9. The highest BCUT2D eigenvalue weighted by Crippen LogP contribution is 2.36. The van der Waals surface area contributed by atoms with Gasteiger partial charge in [0, 0.05) is 24.5 Å². The zero-order valence-corrected chi connectivity index (χ0v) is 21.0. The molecule has 2 aromatic heterocycles. The minimum atomic E-state index is -1.14. The van der Waals surface area contributed by atoms with Crippen molar-refractivity contribution in [2.45, 2.75) is 38.8 Å². The normalized spacial score (nSPS) is 19.2. The highest BCUT2D eigenvalue weighted by molar-refractivity contribution is 7.10. The number of halogens is 1. The molecule has 4 rings (SSSR count). The van der Waals surface area contributed by atoms with Crippen molar-refractivity contribution in [1.29, 1.82) is 0 Å². The summed E-state index contributed by atoms with van der Waals surface area (Å²) >= 11 is 1.64. The minimum absolute atomic E-state index is 0.00648. The Balaban J connectivity index is 1.39. The number of pyridine rings is 1. The zero-order chi connectivity index (χ0) is 24.8. The number of rotatable bonds is 8. The second-order valence-corrected chi connectivity index (χ2v) is 10.1. The molecule has 1 unspecified atom stereocenters. The van der Waals surface area contributed by atoms with E-state index in [1.165, 1.54) is 5.56 Å². The molecule has 0 spiro atoms. The molecule has 0 saturated carbocycles. The lowest BCUT2D eigenvalue weighted by Gasteiger charge is -2.37. The number of carbonyl (C=O) groups is 1. The van der Waals surface area contributed by atoms with E-state index >= 15 is 4.39 Å². The summed E-state index contributed by atoms with van der Waals surface area (Å²) in [7, 11) is 1.59. The predicted octanol–water partition coefficient (Wildman–Crippen LogP) is 5.87. The number of aryl methyl sites for hydroxylation is 1. The van der Waals surface area contributed by atoms with Gasteiger partial charge in [-0.25, -0.2) is 4.39 Å². The number of aliphatic carboxylic acids is 1. The summed E-state index contributed by atoms with van der Waals surface area (Å²) in [6.45, 7) is 4.21. The third kappa shape index (κ3) is 6.39. The number of piperidine rings is 1. The standard InChI is InChI=1S/C28H31FN2O3S/c1-19-11-15-35-27(19)4-3-13-31-14-10-20(21(18-31)16-28(32)33)5-7-25(29)23-9-12-30-26-8-6-22(34-2)17-24(23)26/h6,8-9,11-12,15,17,20-21,25H,5,7,10,13-14,16,18H2,1-2H3,(H,32,33)/t20-,21+,25?/m1/s1. The first-order valence-electron chi connectivity index (χ1n) is 12.0. The summed E-state index contributed by atoms with van der Waals surface area (Å²) in [4.78, 5) is 19.2. The number of ether oxygens (including phenoxy) is 1. The zero-order valence-electron chi connectivity index (χ0n) is 20.2. The molecular weight excluding hydrogens is 463 g/mol. The molecule has 5 nitrogen and oxygen atoms in total. The summed E-state index contributed by atoms with van der Waals surface area (Å²) in [6, 6.07) is 9.28. The van der Waals surface area contributed by atoms with Crippen LogP contribution in [0.3, 0.4) is 0 Å². The van der Waals surface area contributed by atoms with Crippen LogP contribution in [-0.2, 0) is 4.79 Å². The number of thiophene rings is 1. The number of carboxylic acids is 1. The first-order valence-corrected chi connectivity index (χ1v) is 12.9. The smallest absolute Gasteiger partial charge is 0.303 e. The van der Waals surface area contributed by atoms with Crippen molar-refractivity contribution in [1.82, 2.24) is 9.88 Å². The van der Waals surface area contributed by atoms with Crippen LogP contribution in [0.4, 0.5) is 4.39 Å². The van der Waals surface area contributed by atoms with Crippen molar-refractivity contribution < 1.29 is 19.0 Å². The summed E-state index contributed by atoms with van der Waals surface area (Å²) in [5.41, 5.74) is 2.54. The fourth-order valence-corrected chi connectivity index (χ4v) is 5.72. The van der Waals surface area contributed by atoms with Gasteiger partial charge in [0.1, 0.15) is 11.9 Å². The van der Waals surface area contributed by atoms with Gasteiger partial charge in [0.05, 0.1) is 24.0 Å². The molecule has 35 heavy (non-hydrogen) atoms. The molecule has 1 aliphatic heterocycles. The summed E-state index contributed by atoms with van der Waals surface area (Å²) in [5.74, 6) is 6.52. The molecule has 0 radical (unpaired) electrons. The number of benzene rings is 1. The Morgan fingerprint density at radius 2 is 2.20 bits per heavy atom. The number of hydrogen-bond donors (Lipinski definition) is 1. The van der Waals surface area contributed by atoms with E-state index in [0.717, 1.165) is 28.7 Å². The fourth-order valence-electron chi connectivity index (χ4n) is 4.93. The van der Waals surface area contributed by atoms with Gasteiger partial charge in [0.2, 0.25) is 0 Å². The van der Waals surface area contributed by atoms with E-state index in [2.05, 4.69) is 34.7 Å². The maximum absolute atomic E-state index is 15.4. The van der Waals surface area contributed by atoms with Crippen LogP contribution >= 0.6 is 11.3 Å². The maximum Gasteiger partial charge on any atom is 0.303 e. The van der Waals surface area contributed by atoms with Crippen LogP contribution in [-0.4, -0.2) is 47.7 Å². The average molecular weight is 495 g/mol. The molecule has 7 heteroatoms. The molecule has 3 aromatic rings. The lowest BCUT2D eigenvalue weighted by atomic mass is 9.79. The Morgan fingerprint density at radius 3 is 2.94 bits per heavy atom.